The Labute approximate surface area is 178 Å². The molecule has 2 aromatic carbocycles. The van der Waals surface area contributed by atoms with Crippen LogP contribution in [0.15, 0.2) is 43.5 Å². The van der Waals surface area contributed by atoms with Gasteiger partial charge in [-0.2, -0.15) is 0 Å². The lowest BCUT2D eigenvalue weighted by Gasteiger charge is -2.25. The van der Waals surface area contributed by atoms with Gasteiger partial charge in [-0.3, -0.25) is 19.7 Å². The molecule has 0 spiro atoms. The lowest BCUT2D eigenvalue weighted by Crippen LogP contribution is -2.53. The molecule has 1 heterocycles. The van der Waals surface area contributed by atoms with Crippen molar-refractivity contribution in [1.29, 1.82) is 0 Å². The Bertz CT molecular complexity index is 994. The molecule has 0 unspecified atom stereocenters. The number of carbonyl (C=O) groups is 3. The van der Waals surface area contributed by atoms with Crippen molar-refractivity contribution in [1.82, 2.24) is 10.2 Å². The number of amides is 3. The van der Waals surface area contributed by atoms with E-state index in [-0.39, 0.29) is 35.9 Å². The van der Waals surface area contributed by atoms with Crippen LogP contribution in [0.25, 0.3) is 0 Å². The molecule has 0 bridgehead atoms. The fourth-order valence-electron chi connectivity index (χ4n) is 2.89. The van der Waals surface area contributed by atoms with Crippen molar-refractivity contribution < 1.29 is 32.6 Å². The Morgan fingerprint density at radius 2 is 1.68 bits per heavy atom. The van der Waals surface area contributed by atoms with Crippen LogP contribution in [0.5, 0.6) is 17.2 Å². The summed E-state index contributed by atoms with van der Waals surface area (Å²) in [5.41, 5.74) is 0.368. The zero-order valence-corrected chi connectivity index (χ0v) is 17.2. The van der Waals surface area contributed by atoms with Crippen molar-refractivity contribution >= 4 is 17.7 Å². The van der Waals surface area contributed by atoms with Gasteiger partial charge in [-0.05, 0) is 36.2 Å². The second-order valence-corrected chi connectivity index (χ2v) is 6.33. The van der Waals surface area contributed by atoms with E-state index in [1.165, 1.54) is 25.3 Å². The maximum absolute atomic E-state index is 14.5. The zero-order chi connectivity index (χ0) is 23.1. The first-order chi connectivity index (χ1) is 14.8. The molecule has 3 rings (SSSR count). The summed E-state index contributed by atoms with van der Waals surface area (Å²) in [7, 11) is 1.38. The van der Waals surface area contributed by atoms with Crippen molar-refractivity contribution in [2.24, 2.45) is 0 Å². The van der Waals surface area contributed by atoms with E-state index in [1.807, 2.05) is 0 Å². The van der Waals surface area contributed by atoms with E-state index in [1.54, 1.807) is 6.92 Å². The third kappa shape index (κ3) is 5.44. The second-order valence-electron chi connectivity index (χ2n) is 6.33. The molecule has 9 heteroatoms. The van der Waals surface area contributed by atoms with Crippen LogP contribution in [0.2, 0.25) is 0 Å². The van der Waals surface area contributed by atoms with Crippen LogP contribution in [-0.2, 0) is 16.0 Å². The number of halogens is 2. The third-order valence-electron chi connectivity index (χ3n) is 4.35. The van der Waals surface area contributed by atoms with Crippen molar-refractivity contribution in [2.75, 3.05) is 20.2 Å². The van der Waals surface area contributed by atoms with Gasteiger partial charge in [-0.15, -0.1) is 13.2 Å². The van der Waals surface area contributed by atoms with Gasteiger partial charge in [0, 0.05) is 11.6 Å². The van der Waals surface area contributed by atoms with Crippen molar-refractivity contribution in [3.8, 4) is 17.2 Å². The number of benzene rings is 2. The lowest BCUT2D eigenvalue weighted by atomic mass is 10.1. The number of piperazine rings is 1. The summed E-state index contributed by atoms with van der Waals surface area (Å²) in [6.07, 6.45) is 0.449. The molecule has 2 aromatic rings. The smallest absolute Gasteiger partial charge is 0.254 e. The van der Waals surface area contributed by atoms with E-state index in [0.29, 0.717) is 12.0 Å². The molecule has 0 aliphatic carbocycles. The highest BCUT2D eigenvalue weighted by Gasteiger charge is 2.27. The molecule has 0 aromatic heterocycles. The van der Waals surface area contributed by atoms with Crippen LogP contribution in [0.3, 0.4) is 0 Å². The average molecular weight is 432 g/mol. The van der Waals surface area contributed by atoms with Crippen LogP contribution in [0.1, 0.15) is 22.8 Å². The van der Waals surface area contributed by atoms with Gasteiger partial charge >= 0.3 is 0 Å². The van der Waals surface area contributed by atoms with E-state index in [9.17, 15) is 23.2 Å². The highest BCUT2D eigenvalue weighted by Crippen LogP contribution is 2.35. The van der Waals surface area contributed by atoms with Crippen LogP contribution < -0.4 is 14.8 Å². The van der Waals surface area contributed by atoms with Gasteiger partial charge in [0.25, 0.3) is 5.91 Å². The first kappa shape index (κ1) is 23.5. The van der Waals surface area contributed by atoms with Crippen LogP contribution >= 0.6 is 0 Å². The molecule has 1 saturated heterocycles. The number of methoxy groups -OCH3 is 1. The first-order valence-corrected chi connectivity index (χ1v) is 9.28. The molecule has 1 aliphatic heterocycles. The Morgan fingerprint density at radius 3 is 2.23 bits per heavy atom. The molecule has 3 amide bonds. The van der Waals surface area contributed by atoms with Gasteiger partial charge in [0.05, 0.1) is 7.11 Å². The second kappa shape index (κ2) is 10.3. The third-order valence-corrected chi connectivity index (χ3v) is 4.35. The zero-order valence-electron chi connectivity index (χ0n) is 17.2. The summed E-state index contributed by atoms with van der Waals surface area (Å²) >= 11 is 0. The van der Waals surface area contributed by atoms with E-state index < -0.39 is 29.4 Å². The highest BCUT2D eigenvalue weighted by molar-refractivity contribution is 6.05. The molecular formula is C22H22F2N2O5. The predicted molar refractivity (Wildman–Crippen MR) is 109 cm³/mol. The molecule has 7 nitrogen and oxygen atoms in total. The number of nitrogens with one attached hydrogen (secondary N) is 1. The number of carbonyl (C=O) groups excluding carboxylic acids is 3. The summed E-state index contributed by atoms with van der Waals surface area (Å²) in [5.74, 6) is -3.29. The molecule has 1 aliphatic rings. The number of rotatable bonds is 5. The fourth-order valence-corrected chi connectivity index (χ4v) is 2.89. The number of ether oxygens (including phenoxy) is 2. The summed E-state index contributed by atoms with van der Waals surface area (Å²) in [5, 5.41) is 2.08. The SMILES string of the molecule is C=C.CCc1cc(OC)c(Oc2ccc(C(=O)N3CC(=O)NC(=O)C3)cc2F)cc1F. The molecular weight excluding hydrogens is 410 g/mol. The fraction of sp³-hybridized carbons (Fsp3) is 0.227. The van der Waals surface area contributed by atoms with Crippen LogP contribution in [-0.4, -0.2) is 42.8 Å². The van der Waals surface area contributed by atoms with Gasteiger partial charge in [-0.1, -0.05) is 6.92 Å². The number of hydrogen-bond donors (Lipinski definition) is 1. The normalized spacial score (nSPS) is 13.1. The monoisotopic (exact) mass is 432 g/mol. The molecule has 164 valence electrons. The molecule has 0 radical (unpaired) electrons. The Kier molecular flexibility index (Phi) is 7.84. The Hall–Kier alpha value is -3.75. The molecule has 31 heavy (non-hydrogen) atoms. The van der Waals surface area contributed by atoms with Crippen LogP contribution in [0, 0.1) is 11.6 Å². The minimum Gasteiger partial charge on any atom is -0.493 e. The van der Waals surface area contributed by atoms with E-state index in [2.05, 4.69) is 18.5 Å². The predicted octanol–water partition coefficient (Wildman–Crippen LogP) is 3.23. The maximum Gasteiger partial charge on any atom is 0.254 e. The van der Waals surface area contributed by atoms with Crippen molar-refractivity contribution in [2.45, 2.75) is 13.3 Å². The van der Waals surface area contributed by atoms with Gasteiger partial charge < -0.3 is 14.4 Å². The Balaban J connectivity index is 0.00000166. The standard InChI is InChI=1S/C20H18F2N2O5.C2H4/c1-3-11-7-16(28-2)17(8-13(11)21)29-15-5-4-12(6-14(15)22)20(27)24-9-18(25)23-19(26)10-24;1-2/h4-8H,3,9-10H2,1-2H3,(H,23,25,26);1-2H2. The van der Waals surface area contributed by atoms with Gasteiger partial charge in [-0.25, -0.2) is 8.78 Å². The van der Waals surface area contributed by atoms with Gasteiger partial charge in [0.1, 0.15) is 18.9 Å². The van der Waals surface area contributed by atoms with E-state index in [0.717, 1.165) is 17.0 Å². The van der Waals surface area contributed by atoms with Crippen molar-refractivity contribution in [3.05, 3.63) is 66.3 Å². The average Bonchev–Trinajstić information content (AvgIpc) is 2.75. The summed E-state index contributed by atoms with van der Waals surface area (Å²) < 4.78 is 39.2. The first-order valence-electron chi connectivity index (χ1n) is 9.28. The summed E-state index contributed by atoms with van der Waals surface area (Å²) in [4.78, 5) is 36.3. The largest absolute Gasteiger partial charge is 0.493 e. The van der Waals surface area contributed by atoms with Gasteiger partial charge in [0.15, 0.2) is 23.1 Å². The minimum atomic E-state index is -0.870. The number of hydrogen-bond acceptors (Lipinski definition) is 5. The number of aryl methyl sites for hydroxylation is 1. The summed E-state index contributed by atoms with van der Waals surface area (Å²) in [6.45, 7) is 7.18. The number of imide groups is 1. The number of nitrogens with zero attached hydrogens (tertiary/aromatic N) is 1. The van der Waals surface area contributed by atoms with Gasteiger partial charge in [0.2, 0.25) is 11.8 Å². The molecule has 0 atom stereocenters. The van der Waals surface area contributed by atoms with Crippen LogP contribution in [0.4, 0.5) is 8.78 Å². The van der Waals surface area contributed by atoms with Crippen molar-refractivity contribution in [3.63, 3.8) is 0 Å². The van der Waals surface area contributed by atoms with E-state index >= 15 is 0 Å². The quantitative estimate of drug-likeness (QED) is 0.579. The molecule has 1 N–H and O–H groups in total. The molecule has 0 saturated carbocycles. The Morgan fingerprint density at radius 1 is 1.03 bits per heavy atom. The highest BCUT2D eigenvalue weighted by atomic mass is 19.1. The lowest BCUT2D eigenvalue weighted by molar-refractivity contribution is -0.135. The maximum atomic E-state index is 14.5. The summed E-state index contributed by atoms with van der Waals surface area (Å²) in [6, 6.07) is 6.01. The minimum absolute atomic E-state index is 0.0153. The topological polar surface area (TPSA) is 84.9 Å². The van der Waals surface area contributed by atoms with E-state index in [4.69, 9.17) is 9.47 Å². The molecule has 1 fully saturated rings.